The van der Waals surface area contributed by atoms with Gasteiger partial charge in [-0.15, -0.1) is 0 Å². The summed E-state index contributed by atoms with van der Waals surface area (Å²) in [5, 5.41) is 13.3. The number of amides is 1. The number of nitrogens with one attached hydrogen (secondary N) is 1. The summed E-state index contributed by atoms with van der Waals surface area (Å²) < 4.78 is 0. The van der Waals surface area contributed by atoms with E-state index in [0.29, 0.717) is 5.75 Å². The molecule has 15 heavy (non-hydrogen) atoms. The number of aryl methyl sites for hydroxylation is 2. The third kappa shape index (κ3) is 3.09. The summed E-state index contributed by atoms with van der Waals surface area (Å²) in [5.41, 5.74) is 4.74. The Morgan fingerprint density at radius 2 is 1.93 bits per heavy atom. The zero-order valence-electron chi connectivity index (χ0n) is 9.03. The minimum absolute atomic E-state index is 0.210. The topological polar surface area (TPSA) is 61.7 Å². The quantitative estimate of drug-likeness (QED) is 0.568. The van der Waals surface area contributed by atoms with Gasteiger partial charge in [-0.05, 0) is 42.7 Å². The second-order valence-electron chi connectivity index (χ2n) is 3.43. The van der Waals surface area contributed by atoms with Gasteiger partial charge in [0.05, 0.1) is 6.21 Å². The maximum atomic E-state index is 10.6. The molecule has 0 aliphatic heterocycles. The number of carbonyl (C=O) groups is 1. The minimum Gasteiger partial charge on any atom is -0.507 e. The van der Waals surface area contributed by atoms with Crippen LogP contribution in [0.5, 0.6) is 5.75 Å². The highest BCUT2D eigenvalue weighted by atomic mass is 16.3. The Hall–Kier alpha value is -1.84. The molecule has 0 heterocycles. The van der Waals surface area contributed by atoms with Gasteiger partial charge in [-0.1, -0.05) is 0 Å². The molecule has 0 aliphatic carbocycles. The Labute approximate surface area is 88.6 Å². The van der Waals surface area contributed by atoms with Crippen molar-refractivity contribution >= 4 is 12.1 Å². The van der Waals surface area contributed by atoms with Crippen LogP contribution in [-0.4, -0.2) is 17.2 Å². The van der Waals surface area contributed by atoms with Crippen LogP contribution in [0.3, 0.4) is 0 Å². The average molecular weight is 206 g/mol. The fourth-order valence-electron chi connectivity index (χ4n) is 1.26. The SMILES string of the molecule is CC(=O)NN=Cc1cc(C)c(O)c(C)c1. The van der Waals surface area contributed by atoms with Crippen LogP contribution < -0.4 is 5.43 Å². The molecule has 2 N–H and O–H groups in total. The van der Waals surface area contributed by atoms with Gasteiger partial charge in [0, 0.05) is 6.92 Å². The fourth-order valence-corrected chi connectivity index (χ4v) is 1.26. The van der Waals surface area contributed by atoms with Crippen molar-refractivity contribution in [2.75, 3.05) is 0 Å². The van der Waals surface area contributed by atoms with Gasteiger partial charge in [0.25, 0.3) is 0 Å². The van der Waals surface area contributed by atoms with Crippen molar-refractivity contribution in [3.05, 3.63) is 28.8 Å². The molecule has 4 nitrogen and oxygen atoms in total. The lowest BCUT2D eigenvalue weighted by molar-refractivity contribution is -0.118. The summed E-state index contributed by atoms with van der Waals surface area (Å²) in [6.07, 6.45) is 1.54. The van der Waals surface area contributed by atoms with E-state index in [2.05, 4.69) is 10.5 Å². The molecule has 1 rings (SSSR count). The lowest BCUT2D eigenvalue weighted by Crippen LogP contribution is -2.12. The summed E-state index contributed by atoms with van der Waals surface area (Å²) in [5.74, 6) is 0.0881. The first-order chi connectivity index (χ1) is 7.00. The number of rotatable bonds is 2. The summed E-state index contributed by atoms with van der Waals surface area (Å²) in [6.45, 7) is 5.03. The molecular formula is C11H14N2O2. The van der Waals surface area contributed by atoms with E-state index in [1.807, 2.05) is 13.8 Å². The highest BCUT2D eigenvalue weighted by Gasteiger charge is 2.01. The first-order valence-electron chi connectivity index (χ1n) is 4.60. The molecule has 4 heteroatoms. The Bertz CT molecular complexity index is 388. The molecule has 0 fully saturated rings. The molecule has 0 spiro atoms. The van der Waals surface area contributed by atoms with Gasteiger partial charge in [-0.3, -0.25) is 4.79 Å². The first kappa shape index (κ1) is 11.2. The molecule has 1 aromatic carbocycles. The Morgan fingerprint density at radius 3 is 2.40 bits per heavy atom. The zero-order valence-corrected chi connectivity index (χ0v) is 9.03. The number of carbonyl (C=O) groups excluding carboxylic acids is 1. The number of benzene rings is 1. The zero-order chi connectivity index (χ0) is 11.4. The minimum atomic E-state index is -0.210. The number of hydrazone groups is 1. The van der Waals surface area contributed by atoms with Gasteiger partial charge in [0.1, 0.15) is 5.75 Å². The molecule has 0 radical (unpaired) electrons. The summed E-state index contributed by atoms with van der Waals surface area (Å²) in [6, 6.07) is 3.60. The second-order valence-corrected chi connectivity index (χ2v) is 3.43. The third-order valence-electron chi connectivity index (χ3n) is 1.95. The van der Waals surface area contributed by atoms with E-state index in [-0.39, 0.29) is 5.91 Å². The molecule has 0 unspecified atom stereocenters. The van der Waals surface area contributed by atoms with Crippen molar-refractivity contribution in [3.8, 4) is 5.75 Å². The van der Waals surface area contributed by atoms with Crippen molar-refractivity contribution in [2.45, 2.75) is 20.8 Å². The highest BCUT2D eigenvalue weighted by Crippen LogP contribution is 2.21. The molecule has 1 aromatic rings. The Kier molecular flexibility index (Phi) is 3.44. The van der Waals surface area contributed by atoms with Gasteiger partial charge in [0.2, 0.25) is 5.91 Å². The number of phenolic OH excluding ortho intramolecular Hbond substituents is 1. The lowest BCUT2D eigenvalue weighted by atomic mass is 10.1. The molecule has 80 valence electrons. The van der Waals surface area contributed by atoms with Crippen molar-refractivity contribution < 1.29 is 9.90 Å². The maximum absolute atomic E-state index is 10.6. The molecular weight excluding hydrogens is 192 g/mol. The van der Waals surface area contributed by atoms with E-state index < -0.39 is 0 Å². The van der Waals surface area contributed by atoms with Crippen molar-refractivity contribution in [3.63, 3.8) is 0 Å². The highest BCUT2D eigenvalue weighted by molar-refractivity contribution is 5.82. The maximum Gasteiger partial charge on any atom is 0.236 e. The molecule has 0 saturated carbocycles. The van der Waals surface area contributed by atoms with Crippen molar-refractivity contribution in [1.82, 2.24) is 5.43 Å². The van der Waals surface area contributed by atoms with Crippen LogP contribution in [0.15, 0.2) is 17.2 Å². The van der Waals surface area contributed by atoms with E-state index in [9.17, 15) is 9.90 Å². The predicted molar refractivity (Wildman–Crippen MR) is 59.0 cm³/mol. The van der Waals surface area contributed by atoms with Crippen LogP contribution in [0.4, 0.5) is 0 Å². The number of nitrogens with zero attached hydrogens (tertiary/aromatic N) is 1. The molecule has 0 aliphatic rings. The number of aromatic hydroxyl groups is 1. The third-order valence-corrected chi connectivity index (χ3v) is 1.95. The lowest BCUT2D eigenvalue weighted by Gasteiger charge is -2.04. The van der Waals surface area contributed by atoms with Gasteiger partial charge in [0.15, 0.2) is 0 Å². The van der Waals surface area contributed by atoms with Gasteiger partial charge in [-0.2, -0.15) is 5.10 Å². The van der Waals surface area contributed by atoms with Crippen LogP contribution in [0.2, 0.25) is 0 Å². The number of hydrogen-bond acceptors (Lipinski definition) is 3. The van der Waals surface area contributed by atoms with Gasteiger partial charge < -0.3 is 5.11 Å². The Balaban J connectivity index is 2.87. The van der Waals surface area contributed by atoms with E-state index in [4.69, 9.17) is 0 Å². The van der Waals surface area contributed by atoms with E-state index >= 15 is 0 Å². The smallest absolute Gasteiger partial charge is 0.236 e. The second kappa shape index (κ2) is 4.59. The summed E-state index contributed by atoms with van der Waals surface area (Å²) in [7, 11) is 0. The molecule has 0 atom stereocenters. The first-order valence-corrected chi connectivity index (χ1v) is 4.60. The largest absolute Gasteiger partial charge is 0.507 e. The van der Waals surface area contributed by atoms with Crippen LogP contribution in [0.25, 0.3) is 0 Å². The monoisotopic (exact) mass is 206 g/mol. The summed E-state index contributed by atoms with van der Waals surface area (Å²) in [4.78, 5) is 10.6. The van der Waals surface area contributed by atoms with Gasteiger partial charge >= 0.3 is 0 Å². The average Bonchev–Trinajstić information content (AvgIpc) is 2.13. The standard InChI is InChI=1S/C11H14N2O2/c1-7-4-10(5-8(2)11(7)15)6-12-13-9(3)14/h4-6,15H,1-3H3,(H,13,14). The van der Waals surface area contributed by atoms with Gasteiger partial charge in [-0.25, -0.2) is 5.43 Å². The van der Waals surface area contributed by atoms with Crippen LogP contribution in [-0.2, 0) is 4.79 Å². The Morgan fingerprint density at radius 1 is 1.40 bits per heavy atom. The predicted octanol–water partition coefficient (Wildman–Crippen LogP) is 1.48. The van der Waals surface area contributed by atoms with E-state index in [1.165, 1.54) is 6.92 Å². The van der Waals surface area contributed by atoms with Crippen LogP contribution >= 0.6 is 0 Å². The fraction of sp³-hybridized carbons (Fsp3) is 0.273. The van der Waals surface area contributed by atoms with E-state index in [0.717, 1.165) is 16.7 Å². The molecule has 0 saturated heterocycles. The molecule has 0 bridgehead atoms. The normalized spacial score (nSPS) is 10.6. The van der Waals surface area contributed by atoms with E-state index in [1.54, 1.807) is 18.3 Å². The van der Waals surface area contributed by atoms with Crippen LogP contribution in [0.1, 0.15) is 23.6 Å². The van der Waals surface area contributed by atoms with Crippen molar-refractivity contribution in [1.29, 1.82) is 0 Å². The van der Waals surface area contributed by atoms with Crippen LogP contribution in [0, 0.1) is 13.8 Å². The summed E-state index contributed by atoms with van der Waals surface area (Å²) >= 11 is 0. The number of phenols is 1. The molecule has 0 aromatic heterocycles. The number of hydrogen-bond donors (Lipinski definition) is 2. The van der Waals surface area contributed by atoms with Crippen molar-refractivity contribution in [2.24, 2.45) is 5.10 Å². The molecule has 1 amide bonds.